The molecule has 1 heteroatoms. The molecule has 0 aromatic heterocycles. The summed E-state index contributed by atoms with van der Waals surface area (Å²) in [5.41, 5.74) is 4.26. The number of hydrogen-bond acceptors (Lipinski definition) is 1. The fraction of sp³-hybridized carbons (Fsp3) is 0.600. The Hall–Kier alpha value is -0.820. The zero-order valence-corrected chi connectivity index (χ0v) is 10.8. The van der Waals surface area contributed by atoms with Crippen LogP contribution in [-0.4, -0.2) is 18.0 Å². The van der Waals surface area contributed by atoms with Gasteiger partial charge in [0.2, 0.25) is 0 Å². The van der Waals surface area contributed by atoms with Gasteiger partial charge in [0.15, 0.2) is 0 Å². The molecule has 0 amide bonds. The van der Waals surface area contributed by atoms with E-state index >= 15 is 0 Å². The maximum Gasteiger partial charge on any atom is 0.0233 e. The van der Waals surface area contributed by atoms with E-state index in [0.717, 1.165) is 12.5 Å². The van der Waals surface area contributed by atoms with Crippen molar-refractivity contribution in [2.75, 3.05) is 13.1 Å². The molecule has 1 heterocycles. The molecule has 0 bridgehead atoms. The molecule has 0 saturated carbocycles. The van der Waals surface area contributed by atoms with Gasteiger partial charge in [-0.25, -0.2) is 0 Å². The summed E-state index contributed by atoms with van der Waals surface area (Å²) in [7, 11) is 0. The molecule has 16 heavy (non-hydrogen) atoms. The molecule has 0 spiro atoms. The van der Waals surface area contributed by atoms with Gasteiger partial charge in [-0.1, -0.05) is 36.2 Å². The first kappa shape index (κ1) is 11.7. The van der Waals surface area contributed by atoms with E-state index in [2.05, 4.69) is 43.9 Å². The molecule has 1 aliphatic heterocycles. The van der Waals surface area contributed by atoms with Gasteiger partial charge in [0.05, 0.1) is 0 Å². The summed E-state index contributed by atoms with van der Waals surface area (Å²) in [5, 5.41) is 0. The molecule has 2 rings (SSSR count). The normalized spacial score (nSPS) is 18.9. The topological polar surface area (TPSA) is 3.24 Å². The number of nitrogens with zero attached hydrogens (tertiary/aromatic N) is 1. The first-order chi connectivity index (χ1) is 7.63. The summed E-state index contributed by atoms with van der Waals surface area (Å²) in [5.74, 6) is 0.926. The first-order valence-corrected chi connectivity index (χ1v) is 6.43. The first-order valence-electron chi connectivity index (χ1n) is 6.43. The van der Waals surface area contributed by atoms with Crippen LogP contribution in [0.1, 0.15) is 36.5 Å². The van der Waals surface area contributed by atoms with E-state index in [1.54, 1.807) is 0 Å². The Morgan fingerprint density at radius 3 is 2.19 bits per heavy atom. The number of rotatable bonds is 2. The van der Waals surface area contributed by atoms with Crippen LogP contribution in [0.4, 0.5) is 0 Å². The van der Waals surface area contributed by atoms with Crippen molar-refractivity contribution in [1.29, 1.82) is 0 Å². The third kappa shape index (κ3) is 3.08. The van der Waals surface area contributed by atoms with Crippen LogP contribution in [0.15, 0.2) is 18.2 Å². The molecule has 1 aromatic rings. The maximum absolute atomic E-state index is 2.59. The van der Waals surface area contributed by atoms with Crippen molar-refractivity contribution in [2.45, 2.75) is 40.2 Å². The number of benzene rings is 1. The Morgan fingerprint density at radius 1 is 1.06 bits per heavy atom. The highest BCUT2D eigenvalue weighted by Crippen LogP contribution is 2.19. The van der Waals surface area contributed by atoms with Gasteiger partial charge in [0, 0.05) is 6.54 Å². The average molecular weight is 217 g/mol. The summed E-state index contributed by atoms with van der Waals surface area (Å²) in [6, 6.07) is 6.90. The molecule has 1 fully saturated rings. The van der Waals surface area contributed by atoms with Crippen molar-refractivity contribution >= 4 is 0 Å². The fourth-order valence-electron chi connectivity index (χ4n) is 2.64. The molecule has 0 atom stereocenters. The highest BCUT2D eigenvalue weighted by Gasteiger charge is 2.15. The molecule has 0 unspecified atom stereocenters. The number of hydrogen-bond donors (Lipinski definition) is 0. The lowest BCUT2D eigenvalue weighted by atomic mass is 9.98. The zero-order valence-electron chi connectivity index (χ0n) is 10.8. The van der Waals surface area contributed by atoms with Gasteiger partial charge >= 0.3 is 0 Å². The third-order valence-corrected chi connectivity index (χ3v) is 3.56. The number of aryl methyl sites for hydroxylation is 2. The Morgan fingerprint density at radius 2 is 1.62 bits per heavy atom. The van der Waals surface area contributed by atoms with Crippen LogP contribution in [0.2, 0.25) is 0 Å². The van der Waals surface area contributed by atoms with E-state index in [-0.39, 0.29) is 0 Å². The van der Waals surface area contributed by atoms with Gasteiger partial charge in [-0.3, -0.25) is 4.90 Å². The molecular weight excluding hydrogens is 194 g/mol. The molecule has 0 aliphatic carbocycles. The van der Waals surface area contributed by atoms with Crippen LogP contribution in [0, 0.1) is 19.8 Å². The maximum atomic E-state index is 2.59. The van der Waals surface area contributed by atoms with E-state index in [0.29, 0.717) is 0 Å². The highest BCUT2D eigenvalue weighted by molar-refractivity contribution is 5.28. The molecule has 1 saturated heterocycles. The molecule has 1 aromatic carbocycles. The number of piperidine rings is 1. The largest absolute Gasteiger partial charge is 0.299 e. The summed E-state index contributed by atoms with van der Waals surface area (Å²) in [6.45, 7) is 10.4. The van der Waals surface area contributed by atoms with E-state index in [1.165, 1.54) is 42.6 Å². The van der Waals surface area contributed by atoms with Crippen LogP contribution in [0.25, 0.3) is 0 Å². The Kier molecular flexibility index (Phi) is 3.65. The van der Waals surface area contributed by atoms with Gasteiger partial charge in [-0.15, -0.1) is 0 Å². The monoisotopic (exact) mass is 217 g/mol. The predicted octanol–water partition coefficient (Wildman–Crippen LogP) is 3.54. The van der Waals surface area contributed by atoms with Crippen LogP contribution in [0.5, 0.6) is 0 Å². The van der Waals surface area contributed by atoms with E-state index in [4.69, 9.17) is 0 Å². The Balaban J connectivity index is 1.98. The SMILES string of the molecule is Cc1cc(C)cc(CN2CCC(C)CC2)c1. The molecule has 88 valence electrons. The zero-order chi connectivity index (χ0) is 11.5. The van der Waals surface area contributed by atoms with Crippen molar-refractivity contribution in [3.63, 3.8) is 0 Å². The van der Waals surface area contributed by atoms with Gasteiger partial charge in [-0.2, -0.15) is 0 Å². The van der Waals surface area contributed by atoms with E-state index < -0.39 is 0 Å². The van der Waals surface area contributed by atoms with Crippen molar-refractivity contribution in [3.8, 4) is 0 Å². The minimum atomic E-state index is 0.926. The van der Waals surface area contributed by atoms with E-state index in [9.17, 15) is 0 Å². The molecular formula is C15H23N. The molecule has 1 aliphatic rings. The lowest BCUT2D eigenvalue weighted by Gasteiger charge is -2.30. The number of likely N-dealkylation sites (tertiary alicyclic amines) is 1. The van der Waals surface area contributed by atoms with Gasteiger partial charge < -0.3 is 0 Å². The van der Waals surface area contributed by atoms with Crippen molar-refractivity contribution in [3.05, 3.63) is 34.9 Å². The van der Waals surface area contributed by atoms with Crippen LogP contribution in [-0.2, 0) is 6.54 Å². The molecule has 0 radical (unpaired) electrons. The lowest BCUT2D eigenvalue weighted by Crippen LogP contribution is -2.32. The highest BCUT2D eigenvalue weighted by atomic mass is 15.1. The molecule has 1 nitrogen and oxygen atoms in total. The Bertz CT molecular complexity index is 328. The van der Waals surface area contributed by atoms with Gasteiger partial charge in [0.1, 0.15) is 0 Å². The minimum absolute atomic E-state index is 0.926. The van der Waals surface area contributed by atoms with Gasteiger partial charge in [-0.05, 0) is 51.3 Å². The predicted molar refractivity (Wildman–Crippen MR) is 69.6 cm³/mol. The summed E-state index contributed by atoms with van der Waals surface area (Å²) < 4.78 is 0. The third-order valence-electron chi connectivity index (χ3n) is 3.56. The van der Waals surface area contributed by atoms with Crippen molar-refractivity contribution in [2.24, 2.45) is 5.92 Å². The minimum Gasteiger partial charge on any atom is -0.299 e. The van der Waals surface area contributed by atoms with Crippen molar-refractivity contribution < 1.29 is 0 Å². The smallest absolute Gasteiger partial charge is 0.0233 e. The second kappa shape index (κ2) is 5.01. The summed E-state index contributed by atoms with van der Waals surface area (Å²) in [6.07, 6.45) is 2.73. The second-order valence-corrected chi connectivity index (χ2v) is 5.45. The van der Waals surface area contributed by atoms with E-state index in [1.807, 2.05) is 0 Å². The van der Waals surface area contributed by atoms with Crippen LogP contribution in [0.3, 0.4) is 0 Å². The lowest BCUT2D eigenvalue weighted by molar-refractivity contribution is 0.185. The summed E-state index contributed by atoms with van der Waals surface area (Å²) >= 11 is 0. The summed E-state index contributed by atoms with van der Waals surface area (Å²) in [4.78, 5) is 2.59. The van der Waals surface area contributed by atoms with Crippen molar-refractivity contribution in [1.82, 2.24) is 4.90 Å². The quantitative estimate of drug-likeness (QED) is 0.732. The van der Waals surface area contributed by atoms with Gasteiger partial charge in [0.25, 0.3) is 0 Å². The second-order valence-electron chi connectivity index (χ2n) is 5.45. The Labute approximate surface area is 99.5 Å². The molecule has 0 N–H and O–H groups in total. The average Bonchev–Trinajstić information content (AvgIpc) is 2.20. The van der Waals surface area contributed by atoms with Crippen LogP contribution >= 0.6 is 0 Å². The standard InChI is InChI=1S/C15H23N/c1-12-4-6-16(7-5-12)11-15-9-13(2)8-14(3)10-15/h8-10,12H,4-7,11H2,1-3H3. The van der Waals surface area contributed by atoms with Crippen LogP contribution < -0.4 is 0 Å². The fourth-order valence-corrected chi connectivity index (χ4v) is 2.64.